The van der Waals surface area contributed by atoms with Gasteiger partial charge in [0.05, 0.1) is 12.1 Å². The summed E-state index contributed by atoms with van der Waals surface area (Å²) < 4.78 is 0. The number of nitrogens with one attached hydrogen (secondary N) is 1. The largest absolute Gasteiger partial charge is 0.341 e. The van der Waals surface area contributed by atoms with Crippen LogP contribution in [-0.4, -0.2) is 17.4 Å². The Morgan fingerprint density at radius 3 is 2.30 bits per heavy atom. The van der Waals surface area contributed by atoms with Crippen molar-refractivity contribution in [3.8, 4) is 11.8 Å². The van der Waals surface area contributed by atoms with E-state index in [4.69, 9.17) is 0 Å². The van der Waals surface area contributed by atoms with Crippen LogP contribution in [0.2, 0.25) is 0 Å². The van der Waals surface area contributed by atoms with Crippen molar-refractivity contribution in [1.82, 2.24) is 10.3 Å². The molecular weight excluding hydrogens is 248 g/mol. The van der Waals surface area contributed by atoms with Crippen molar-refractivity contribution < 1.29 is 4.79 Å². The van der Waals surface area contributed by atoms with Gasteiger partial charge in [0.1, 0.15) is 0 Å². The molecule has 1 heterocycles. The van der Waals surface area contributed by atoms with E-state index in [1.165, 1.54) is 0 Å². The van der Waals surface area contributed by atoms with Crippen molar-refractivity contribution in [2.24, 2.45) is 5.41 Å². The van der Waals surface area contributed by atoms with Gasteiger partial charge in [-0.3, -0.25) is 9.78 Å². The van der Waals surface area contributed by atoms with Gasteiger partial charge in [0, 0.05) is 22.7 Å². The molecule has 0 aromatic carbocycles. The summed E-state index contributed by atoms with van der Waals surface area (Å²) in [5, 5.41) is 2.78. The average Bonchev–Trinajstić information content (AvgIpc) is 2.32. The summed E-state index contributed by atoms with van der Waals surface area (Å²) in [6.07, 6.45) is 1.62. The van der Waals surface area contributed by atoms with Gasteiger partial charge in [-0.2, -0.15) is 0 Å². The van der Waals surface area contributed by atoms with Crippen molar-refractivity contribution in [2.45, 2.75) is 47.0 Å². The fourth-order valence-corrected chi connectivity index (χ4v) is 1.51. The molecule has 108 valence electrons. The standard InChI is InChI=1S/C17H24N2O/c1-16(2,3)10-7-11-18-15(20)13-8-9-14(19-12-13)17(4,5)6/h8-9,12H,11H2,1-6H3,(H,18,20). The Hall–Kier alpha value is -1.82. The average molecular weight is 272 g/mol. The number of aromatic nitrogens is 1. The highest BCUT2D eigenvalue weighted by molar-refractivity contribution is 5.94. The molecule has 3 heteroatoms. The highest BCUT2D eigenvalue weighted by atomic mass is 16.1. The number of hydrogen-bond donors (Lipinski definition) is 1. The molecule has 20 heavy (non-hydrogen) atoms. The summed E-state index contributed by atoms with van der Waals surface area (Å²) in [6, 6.07) is 3.70. The van der Waals surface area contributed by atoms with Crippen molar-refractivity contribution in [2.75, 3.05) is 6.54 Å². The maximum Gasteiger partial charge on any atom is 0.253 e. The number of amides is 1. The van der Waals surface area contributed by atoms with Crippen LogP contribution in [0.4, 0.5) is 0 Å². The molecule has 0 aliphatic carbocycles. The van der Waals surface area contributed by atoms with Gasteiger partial charge < -0.3 is 5.32 Å². The summed E-state index contributed by atoms with van der Waals surface area (Å²) >= 11 is 0. The van der Waals surface area contributed by atoms with Crippen LogP contribution in [0.25, 0.3) is 0 Å². The first-order chi connectivity index (χ1) is 9.09. The van der Waals surface area contributed by atoms with Gasteiger partial charge in [-0.05, 0) is 32.9 Å². The van der Waals surface area contributed by atoms with E-state index in [1.54, 1.807) is 12.3 Å². The maximum atomic E-state index is 11.9. The van der Waals surface area contributed by atoms with Gasteiger partial charge in [0.15, 0.2) is 0 Å². The highest BCUT2D eigenvalue weighted by Crippen LogP contribution is 2.19. The quantitative estimate of drug-likeness (QED) is 0.840. The van der Waals surface area contributed by atoms with E-state index in [0.717, 1.165) is 5.69 Å². The predicted octanol–water partition coefficient (Wildman–Crippen LogP) is 3.16. The van der Waals surface area contributed by atoms with Crippen molar-refractivity contribution >= 4 is 5.91 Å². The van der Waals surface area contributed by atoms with Crippen LogP contribution in [0.3, 0.4) is 0 Å². The van der Waals surface area contributed by atoms with Crippen LogP contribution in [-0.2, 0) is 5.41 Å². The lowest BCUT2D eigenvalue weighted by molar-refractivity contribution is 0.0958. The zero-order valence-corrected chi connectivity index (χ0v) is 13.3. The van der Waals surface area contributed by atoms with Gasteiger partial charge in [-0.25, -0.2) is 0 Å². The SMILES string of the molecule is CC(C)(C)C#CCNC(=O)c1ccc(C(C)(C)C)nc1. The first-order valence-corrected chi connectivity index (χ1v) is 6.84. The Bertz CT molecular complexity index is 519. The lowest BCUT2D eigenvalue weighted by atomic mass is 9.91. The second-order valence-corrected chi connectivity index (χ2v) is 6.92. The smallest absolute Gasteiger partial charge is 0.253 e. The molecule has 1 amide bonds. The third-order valence-corrected chi connectivity index (χ3v) is 2.59. The zero-order valence-electron chi connectivity index (χ0n) is 13.3. The van der Waals surface area contributed by atoms with Crippen LogP contribution < -0.4 is 5.32 Å². The molecule has 0 bridgehead atoms. The molecule has 1 aromatic rings. The fourth-order valence-electron chi connectivity index (χ4n) is 1.51. The third kappa shape index (κ3) is 5.44. The van der Waals surface area contributed by atoms with E-state index in [-0.39, 0.29) is 16.7 Å². The Labute approximate surface area is 122 Å². The number of rotatable bonds is 2. The van der Waals surface area contributed by atoms with Crippen LogP contribution in [0.5, 0.6) is 0 Å². The molecule has 3 nitrogen and oxygen atoms in total. The number of carbonyl (C=O) groups excluding carboxylic acids is 1. The molecule has 0 unspecified atom stereocenters. The maximum absolute atomic E-state index is 11.9. The summed E-state index contributed by atoms with van der Waals surface area (Å²) in [6.45, 7) is 12.8. The summed E-state index contributed by atoms with van der Waals surface area (Å²) in [4.78, 5) is 16.3. The normalized spacial score (nSPS) is 11.5. The number of nitrogens with zero attached hydrogens (tertiary/aromatic N) is 1. The number of pyridine rings is 1. The van der Waals surface area contributed by atoms with E-state index in [0.29, 0.717) is 12.1 Å². The number of hydrogen-bond acceptors (Lipinski definition) is 2. The molecule has 0 aliphatic heterocycles. The Balaban J connectivity index is 2.63. The van der Waals surface area contributed by atoms with E-state index >= 15 is 0 Å². The Kier molecular flexibility index (Phi) is 4.94. The van der Waals surface area contributed by atoms with Crippen LogP contribution >= 0.6 is 0 Å². The van der Waals surface area contributed by atoms with Crippen LogP contribution in [0.1, 0.15) is 57.6 Å². The van der Waals surface area contributed by atoms with Crippen LogP contribution in [0.15, 0.2) is 18.3 Å². The van der Waals surface area contributed by atoms with Crippen molar-refractivity contribution in [3.63, 3.8) is 0 Å². The summed E-state index contributed by atoms with van der Waals surface area (Å²) in [5.41, 5.74) is 1.49. The molecule has 0 aliphatic rings. The van der Waals surface area contributed by atoms with Crippen molar-refractivity contribution in [1.29, 1.82) is 0 Å². The minimum absolute atomic E-state index is 0.00676. The predicted molar refractivity (Wildman–Crippen MR) is 82.5 cm³/mol. The van der Waals surface area contributed by atoms with Gasteiger partial charge in [-0.15, -0.1) is 0 Å². The zero-order chi connectivity index (χ0) is 15.4. The minimum Gasteiger partial charge on any atom is -0.341 e. The summed E-state index contributed by atoms with van der Waals surface area (Å²) in [5.74, 6) is 5.90. The molecule has 0 radical (unpaired) electrons. The van der Waals surface area contributed by atoms with Gasteiger partial charge in [-0.1, -0.05) is 32.6 Å². The van der Waals surface area contributed by atoms with Gasteiger partial charge >= 0.3 is 0 Å². The molecular formula is C17H24N2O. The monoisotopic (exact) mass is 272 g/mol. The molecule has 0 saturated heterocycles. The lowest BCUT2D eigenvalue weighted by Gasteiger charge is -2.17. The Morgan fingerprint density at radius 2 is 1.85 bits per heavy atom. The second kappa shape index (κ2) is 6.09. The van der Waals surface area contributed by atoms with Crippen molar-refractivity contribution in [3.05, 3.63) is 29.6 Å². The van der Waals surface area contributed by atoms with Gasteiger partial charge in [0.2, 0.25) is 0 Å². The Morgan fingerprint density at radius 1 is 1.20 bits per heavy atom. The molecule has 0 fully saturated rings. The first-order valence-electron chi connectivity index (χ1n) is 6.84. The second-order valence-electron chi connectivity index (χ2n) is 6.92. The van der Waals surface area contributed by atoms with E-state index < -0.39 is 0 Å². The molecule has 0 saturated carbocycles. The molecule has 1 rings (SSSR count). The van der Waals surface area contributed by atoms with E-state index in [9.17, 15) is 4.79 Å². The van der Waals surface area contributed by atoms with E-state index in [2.05, 4.69) is 42.9 Å². The fraction of sp³-hybridized carbons (Fsp3) is 0.529. The first kappa shape index (κ1) is 16.2. The third-order valence-electron chi connectivity index (χ3n) is 2.59. The number of carbonyl (C=O) groups is 1. The molecule has 0 spiro atoms. The molecule has 1 N–H and O–H groups in total. The molecule has 0 atom stereocenters. The molecule has 1 aromatic heterocycles. The topological polar surface area (TPSA) is 42.0 Å². The van der Waals surface area contributed by atoms with Crippen LogP contribution in [0, 0.1) is 17.3 Å². The minimum atomic E-state index is -0.138. The lowest BCUT2D eigenvalue weighted by Crippen LogP contribution is -2.24. The van der Waals surface area contributed by atoms with Gasteiger partial charge in [0.25, 0.3) is 5.91 Å². The van der Waals surface area contributed by atoms with E-state index in [1.807, 2.05) is 26.8 Å². The summed E-state index contributed by atoms with van der Waals surface area (Å²) in [7, 11) is 0. The highest BCUT2D eigenvalue weighted by Gasteiger charge is 2.15.